The molecular formula is C21H15BrF3N3O3. The number of nitrogens with one attached hydrogen (secondary N) is 1. The van der Waals surface area contributed by atoms with Gasteiger partial charge in [-0.25, -0.2) is 0 Å². The SMILES string of the molecule is O=[N+]([O-])c1cc(C(F)(F)F)ccc1N/N=C\c1cc(Br)ccc1OCc1ccccc1. The van der Waals surface area contributed by atoms with Crippen LogP contribution in [0.3, 0.4) is 0 Å². The normalized spacial score (nSPS) is 11.5. The van der Waals surface area contributed by atoms with Gasteiger partial charge in [-0.05, 0) is 35.9 Å². The number of rotatable bonds is 7. The van der Waals surface area contributed by atoms with Crippen molar-refractivity contribution in [2.45, 2.75) is 12.8 Å². The highest BCUT2D eigenvalue weighted by atomic mass is 79.9. The average Bonchev–Trinajstić information content (AvgIpc) is 2.73. The number of nitrogens with zero attached hydrogens (tertiary/aromatic N) is 2. The Hall–Kier alpha value is -3.40. The second kappa shape index (κ2) is 9.61. The van der Waals surface area contributed by atoms with Crippen molar-refractivity contribution >= 4 is 33.5 Å². The molecule has 0 aromatic heterocycles. The molecule has 31 heavy (non-hydrogen) atoms. The van der Waals surface area contributed by atoms with Crippen LogP contribution in [-0.2, 0) is 12.8 Å². The molecule has 0 amide bonds. The topological polar surface area (TPSA) is 76.8 Å². The van der Waals surface area contributed by atoms with Crippen LogP contribution in [0.25, 0.3) is 0 Å². The lowest BCUT2D eigenvalue weighted by Gasteiger charge is -2.10. The first kappa shape index (κ1) is 22.3. The van der Waals surface area contributed by atoms with E-state index in [0.717, 1.165) is 22.2 Å². The monoisotopic (exact) mass is 493 g/mol. The maximum atomic E-state index is 12.8. The van der Waals surface area contributed by atoms with Crippen LogP contribution in [0.15, 0.2) is 76.3 Å². The molecule has 0 heterocycles. The molecule has 0 aliphatic rings. The van der Waals surface area contributed by atoms with Gasteiger partial charge in [0.15, 0.2) is 0 Å². The molecule has 3 rings (SSSR count). The molecule has 1 N–H and O–H groups in total. The van der Waals surface area contributed by atoms with Crippen molar-refractivity contribution in [3.63, 3.8) is 0 Å². The summed E-state index contributed by atoms with van der Waals surface area (Å²) in [5.74, 6) is 0.513. The Labute approximate surface area is 183 Å². The fraction of sp³-hybridized carbons (Fsp3) is 0.0952. The zero-order valence-electron chi connectivity index (χ0n) is 15.8. The Morgan fingerprint density at radius 2 is 1.84 bits per heavy atom. The van der Waals surface area contributed by atoms with Crippen molar-refractivity contribution in [3.8, 4) is 5.75 Å². The van der Waals surface area contributed by atoms with E-state index in [1.807, 2.05) is 30.3 Å². The molecule has 3 aromatic carbocycles. The second-order valence-corrected chi connectivity index (χ2v) is 7.23. The Morgan fingerprint density at radius 3 is 2.52 bits per heavy atom. The first-order chi connectivity index (χ1) is 14.7. The molecule has 6 nitrogen and oxygen atoms in total. The molecule has 10 heteroatoms. The van der Waals surface area contributed by atoms with Gasteiger partial charge in [-0.1, -0.05) is 46.3 Å². The van der Waals surface area contributed by atoms with E-state index in [9.17, 15) is 23.3 Å². The van der Waals surface area contributed by atoms with E-state index in [0.29, 0.717) is 24.0 Å². The molecule has 160 valence electrons. The lowest BCUT2D eigenvalue weighted by molar-refractivity contribution is -0.384. The van der Waals surface area contributed by atoms with E-state index in [-0.39, 0.29) is 5.69 Å². The molecule has 0 fully saturated rings. The van der Waals surface area contributed by atoms with Gasteiger partial charge in [-0.3, -0.25) is 15.5 Å². The van der Waals surface area contributed by atoms with Gasteiger partial charge in [-0.15, -0.1) is 0 Å². The van der Waals surface area contributed by atoms with Crippen molar-refractivity contribution in [2.24, 2.45) is 5.10 Å². The van der Waals surface area contributed by atoms with Crippen molar-refractivity contribution in [1.82, 2.24) is 0 Å². The van der Waals surface area contributed by atoms with Crippen LogP contribution < -0.4 is 10.2 Å². The van der Waals surface area contributed by atoms with Crippen LogP contribution in [0.1, 0.15) is 16.7 Å². The van der Waals surface area contributed by atoms with E-state index in [1.165, 1.54) is 6.21 Å². The van der Waals surface area contributed by atoms with Crippen LogP contribution >= 0.6 is 15.9 Å². The number of nitro benzene ring substituents is 1. The van der Waals surface area contributed by atoms with Crippen molar-refractivity contribution in [3.05, 3.63) is 98.0 Å². The van der Waals surface area contributed by atoms with Crippen LogP contribution in [0, 0.1) is 10.1 Å². The van der Waals surface area contributed by atoms with Crippen molar-refractivity contribution in [2.75, 3.05) is 5.43 Å². The number of anilines is 1. The number of benzene rings is 3. The Morgan fingerprint density at radius 1 is 1.10 bits per heavy atom. The minimum atomic E-state index is -4.69. The number of hydrazone groups is 1. The fourth-order valence-corrected chi connectivity index (χ4v) is 2.99. The first-order valence-electron chi connectivity index (χ1n) is 8.85. The Balaban J connectivity index is 1.79. The number of hydrogen-bond acceptors (Lipinski definition) is 5. The van der Waals surface area contributed by atoms with Gasteiger partial charge in [0.2, 0.25) is 0 Å². The highest BCUT2D eigenvalue weighted by Crippen LogP contribution is 2.35. The summed E-state index contributed by atoms with van der Waals surface area (Å²) >= 11 is 3.35. The van der Waals surface area contributed by atoms with E-state index >= 15 is 0 Å². The predicted molar refractivity (Wildman–Crippen MR) is 114 cm³/mol. The molecule has 0 bridgehead atoms. The zero-order chi connectivity index (χ0) is 22.4. The summed E-state index contributed by atoms with van der Waals surface area (Å²) in [6, 6.07) is 16.9. The average molecular weight is 494 g/mol. The van der Waals surface area contributed by atoms with Gasteiger partial charge in [0, 0.05) is 16.1 Å². The van der Waals surface area contributed by atoms with Gasteiger partial charge in [0.1, 0.15) is 18.0 Å². The number of alkyl halides is 3. The van der Waals surface area contributed by atoms with E-state index in [4.69, 9.17) is 4.74 Å². The van der Waals surface area contributed by atoms with Crippen LogP contribution in [0.5, 0.6) is 5.75 Å². The molecule has 0 saturated carbocycles. The third-order valence-electron chi connectivity index (χ3n) is 4.12. The van der Waals surface area contributed by atoms with Crippen LogP contribution in [-0.4, -0.2) is 11.1 Å². The van der Waals surface area contributed by atoms with Gasteiger partial charge in [0.05, 0.1) is 16.7 Å². The van der Waals surface area contributed by atoms with E-state index in [1.54, 1.807) is 18.2 Å². The number of ether oxygens (including phenoxy) is 1. The van der Waals surface area contributed by atoms with Crippen molar-refractivity contribution in [1.29, 1.82) is 0 Å². The minimum absolute atomic E-state index is 0.170. The maximum absolute atomic E-state index is 12.8. The minimum Gasteiger partial charge on any atom is -0.488 e. The van der Waals surface area contributed by atoms with Crippen LogP contribution in [0.4, 0.5) is 24.5 Å². The second-order valence-electron chi connectivity index (χ2n) is 6.31. The zero-order valence-corrected chi connectivity index (χ0v) is 17.4. The number of nitro groups is 1. The van der Waals surface area contributed by atoms with Crippen LogP contribution in [0.2, 0.25) is 0 Å². The van der Waals surface area contributed by atoms with Crippen molar-refractivity contribution < 1.29 is 22.8 Å². The molecule has 0 spiro atoms. The lowest BCUT2D eigenvalue weighted by atomic mass is 10.1. The van der Waals surface area contributed by atoms with Gasteiger partial charge >= 0.3 is 6.18 Å². The summed E-state index contributed by atoms with van der Waals surface area (Å²) in [7, 11) is 0. The lowest BCUT2D eigenvalue weighted by Crippen LogP contribution is -2.06. The van der Waals surface area contributed by atoms with E-state index < -0.39 is 22.4 Å². The molecule has 0 atom stereocenters. The smallest absolute Gasteiger partial charge is 0.416 e. The summed E-state index contributed by atoms with van der Waals surface area (Å²) in [4.78, 5) is 10.3. The summed E-state index contributed by atoms with van der Waals surface area (Å²) < 4.78 is 45.0. The summed E-state index contributed by atoms with van der Waals surface area (Å²) in [5.41, 5.74) is 1.94. The largest absolute Gasteiger partial charge is 0.488 e. The Kier molecular flexibility index (Phi) is 6.91. The first-order valence-corrected chi connectivity index (χ1v) is 9.64. The quantitative estimate of drug-likeness (QED) is 0.234. The highest BCUT2D eigenvalue weighted by Gasteiger charge is 2.33. The highest BCUT2D eigenvalue weighted by molar-refractivity contribution is 9.10. The standard InChI is InChI=1S/C21H15BrF3N3O3/c22-17-7-9-20(31-13-14-4-2-1-3-5-14)15(10-17)12-26-27-18-8-6-16(21(23,24)25)11-19(18)28(29)30/h1-12,27H,13H2/b26-12-. The summed E-state index contributed by atoms with van der Waals surface area (Å²) in [6.07, 6.45) is -3.32. The predicted octanol–water partition coefficient (Wildman–Crippen LogP) is 6.40. The molecule has 0 aliphatic heterocycles. The number of hydrogen-bond donors (Lipinski definition) is 1. The molecule has 0 radical (unpaired) electrons. The molecule has 0 aliphatic carbocycles. The van der Waals surface area contributed by atoms with Gasteiger partial charge < -0.3 is 4.74 Å². The van der Waals surface area contributed by atoms with E-state index in [2.05, 4.69) is 26.5 Å². The maximum Gasteiger partial charge on any atom is 0.416 e. The summed E-state index contributed by atoms with van der Waals surface area (Å²) in [6.45, 7) is 0.321. The molecule has 0 unspecified atom stereocenters. The fourth-order valence-electron chi connectivity index (χ4n) is 2.61. The molecule has 3 aromatic rings. The Bertz CT molecular complexity index is 1110. The van der Waals surface area contributed by atoms with Gasteiger partial charge in [-0.2, -0.15) is 18.3 Å². The number of halogens is 4. The molecule has 0 saturated heterocycles. The van der Waals surface area contributed by atoms with Gasteiger partial charge in [0.25, 0.3) is 5.69 Å². The third-order valence-corrected chi connectivity index (χ3v) is 4.61. The third kappa shape index (κ3) is 6.05. The molecular weight excluding hydrogens is 479 g/mol. The summed E-state index contributed by atoms with van der Waals surface area (Å²) in [5, 5.41) is 15.1.